The monoisotopic (exact) mass is 284 g/mol. The van der Waals surface area contributed by atoms with Crippen LogP contribution in [-0.4, -0.2) is 12.6 Å². The predicted molar refractivity (Wildman–Crippen MR) is 85.1 cm³/mol. The van der Waals surface area contributed by atoms with Gasteiger partial charge >= 0.3 is 0 Å². The molecule has 0 N–H and O–H groups in total. The first-order valence-electron chi connectivity index (χ1n) is 7.69. The Morgan fingerprint density at radius 3 is 2.24 bits per heavy atom. The number of hydrogen-bond acceptors (Lipinski definition) is 2. The minimum Gasteiger partial charge on any atom is -0.303 e. The maximum absolute atomic E-state index is 10.4. The van der Waals surface area contributed by atoms with Gasteiger partial charge in [-0.05, 0) is 35.7 Å². The second-order valence-electron chi connectivity index (χ2n) is 6.70. The quantitative estimate of drug-likeness (QED) is 0.619. The summed E-state index contributed by atoms with van der Waals surface area (Å²) in [7, 11) is 0. The summed E-state index contributed by atoms with van der Waals surface area (Å²) in [5.74, 6) is 1.71. The van der Waals surface area contributed by atoms with Gasteiger partial charge in [0.05, 0.1) is 0 Å². The molecule has 0 spiro atoms. The van der Waals surface area contributed by atoms with E-state index in [0.717, 1.165) is 24.9 Å². The lowest BCUT2D eigenvalue weighted by Gasteiger charge is -2.21. The van der Waals surface area contributed by atoms with E-state index in [-0.39, 0.29) is 5.41 Å². The highest BCUT2D eigenvalue weighted by atomic mass is 16.1. The molecule has 2 aliphatic rings. The summed E-state index contributed by atoms with van der Waals surface area (Å²) >= 11 is 0. The molecule has 2 bridgehead atoms. The molecule has 0 radical (unpaired) electrons. The van der Waals surface area contributed by atoms with Gasteiger partial charge in [-0.2, -0.15) is 0 Å². The Labute approximate surface area is 127 Å². The molecule has 2 nitrogen and oxygen atoms in total. The highest BCUT2D eigenvalue weighted by Gasteiger charge is 2.34. The van der Waals surface area contributed by atoms with Crippen molar-refractivity contribution in [3.63, 3.8) is 0 Å². The van der Waals surface area contributed by atoms with Crippen molar-refractivity contribution in [3.05, 3.63) is 48.0 Å². The third-order valence-corrected chi connectivity index (χ3v) is 4.65. The largest absolute Gasteiger partial charge is 0.303 e. The minimum atomic E-state index is -0.0248. The molecule has 2 aliphatic carbocycles. The van der Waals surface area contributed by atoms with E-state index >= 15 is 0 Å². The molecule has 0 heterocycles. The first kappa shape index (κ1) is 15.7. The molecule has 0 aliphatic heterocycles. The summed E-state index contributed by atoms with van der Waals surface area (Å²) in [5.41, 5.74) is 1.19. The van der Waals surface area contributed by atoms with Crippen LogP contribution in [-0.2, 0) is 15.0 Å². The van der Waals surface area contributed by atoms with Gasteiger partial charge in [0.15, 0.2) is 0 Å². The average molecular weight is 284 g/mol. The van der Waals surface area contributed by atoms with Crippen LogP contribution in [0.25, 0.3) is 0 Å². The van der Waals surface area contributed by atoms with Gasteiger partial charge in [-0.1, -0.05) is 56.3 Å². The van der Waals surface area contributed by atoms with Crippen molar-refractivity contribution in [2.45, 2.75) is 38.5 Å². The summed E-state index contributed by atoms with van der Waals surface area (Å²) in [6.45, 7) is 4.16. The Balaban J connectivity index is 0.000000159. The maximum Gasteiger partial charge on any atom is 0.123 e. The first-order chi connectivity index (χ1) is 10.1. The molecule has 21 heavy (non-hydrogen) atoms. The smallest absolute Gasteiger partial charge is 0.123 e. The normalized spacial score (nSPS) is 26.1. The third kappa shape index (κ3) is 3.90. The molecule has 0 aromatic heterocycles. The molecule has 0 amide bonds. The Kier molecular flexibility index (Phi) is 5.11. The van der Waals surface area contributed by atoms with Gasteiger partial charge in [-0.15, -0.1) is 0 Å². The van der Waals surface area contributed by atoms with E-state index in [1.165, 1.54) is 12.0 Å². The van der Waals surface area contributed by atoms with Crippen LogP contribution in [0.4, 0.5) is 0 Å². The molecule has 2 heteroatoms. The van der Waals surface area contributed by atoms with Crippen molar-refractivity contribution in [2.24, 2.45) is 17.8 Å². The second kappa shape index (κ2) is 6.84. The molecule has 1 saturated carbocycles. The van der Waals surface area contributed by atoms with Crippen LogP contribution in [0.1, 0.15) is 38.7 Å². The van der Waals surface area contributed by atoms with Crippen molar-refractivity contribution >= 4 is 12.6 Å². The molecule has 3 rings (SSSR count). The number of carbonyl (C=O) groups excluding carboxylic acids is 2. The number of carbonyl (C=O) groups is 2. The average Bonchev–Trinajstić information content (AvgIpc) is 3.11. The highest BCUT2D eigenvalue weighted by molar-refractivity contribution is 5.56. The molecular formula is C19H24O2. The topological polar surface area (TPSA) is 34.1 Å². The van der Waals surface area contributed by atoms with Crippen LogP contribution in [0.5, 0.6) is 0 Å². The van der Waals surface area contributed by atoms with E-state index in [1.54, 1.807) is 0 Å². The van der Waals surface area contributed by atoms with Crippen molar-refractivity contribution in [1.82, 2.24) is 0 Å². The standard InChI is InChI=1S/C11H14O.C8H10O/c1-11(2,8-9-12)10-6-4-3-5-7-10;9-5-8-4-6-1-2-7(8)3-6/h3-7,9H,8H2,1-2H3;1-2,5-8H,3-4H2. The van der Waals surface area contributed by atoms with E-state index in [4.69, 9.17) is 0 Å². The van der Waals surface area contributed by atoms with Crippen LogP contribution in [0.3, 0.4) is 0 Å². The molecule has 1 fully saturated rings. The highest BCUT2D eigenvalue weighted by Crippen LogP contribution is 2.42. The number of benzene rings is 1. The van der Waals surface area contributed by atoms with Gasteiger partial charge in [0.25, 0.3) is 0 Å². The van der Waals surface area contributed by atoms with E-state index < -0.39 is 0 Å². The lowest BCUT2D eigenvalue weighted by molar-refractivity contribution is -0.111. The van der Waals surface area contributed by atoms with Crippen molar-refractivity contribution < 1.29 is 9.59 Å². The van der Waals surface area contributed by atoms with Gasteiger partial charge in [-0.3, -0.25) is 0 Å². The summed E-state index contributed by atoms with van der Waals surface area (Å²) in [4.78, 5) is 20.8. The SMILES string of the molecule is CC(C)(CC=O)c1ccccc1.O=CC1CC2C=CC1C2. The number of aldehydes is 2. The molecule has 0 saturated heterocycles. The predicted octanol–water partition coefficient (Wildman–Crippen LogP) is 3.95. The number of allylic oxidation sites excluding steroid dienone is 2. The Hall–Kier alpha value is -1.70. The Bertz CT molecular complexity index is 502. The zero-order valence-electron chi connectivity index (χ0n) is 12.9. The molecular weight excluding hydrogens is 260 g/mol. The zero-order chi connectivity index (χ0) is 15.3. The molecule has 3 unspecified atom stereocenters. The van der Waals surface area contributed by atoms with Crippen molar-refractivity contribution in [3.8, 4) is 0 Å². The van der Waals surface area contributed by atoms with E-state index in [0.29, 0.717) is 18.3 Å². The summed E-state index contributed by atoms with van der Waals surface area (Å²) in [5, 5.41) is 0. The van der Waals surface area contributed by atoms with E-state index in [2.05, 4.69) is 38.1 Å². The summed E-state index contributed by atoms with van der Waals surface area (Å²) in [6.07, 6.45) is 9.49. The maximum atomic E-state index is 10.4. The van der Waals surface area contributed by atoms with Crippen LogP contribution >= 0.6 is 0 Å². The first-order valence-corrected chi connectivity index (χ1v) is 7.69. The van der Waals surface area contributed by atoms with Crippen LogP contribution in [0.2, 0.25) is 0 Å². The fourth-order valence-corrected chi connectivity index (χ4v) is 3.20. The van der Waals surface area contributed by atoms with Gasteiger partial charge in [0.1, 0.15) is 12.6 Å². The minimum absolute atomic E-state index is 0.0248. The lowest BCUT2D eigenvalue weighted by Crippen LogP contribution is -2.17. The lowest BCUT2D eigenvalue weighted by atomic mass is 9.82. The van der Waals surface area contributed by atoms with Gasteiger partial charge in [0.2, 0.25) is 0 Å². The fourth-order valence-electron chi connectivity index (χ4n) is 3.20. The fraction of sp³-hybridized carbons (Fsp3) is 0.474. The van der Waals surface area contributed by atoms with Gasteiger partial charge < -0.3 is 9.59 Å². The van der Waals surface area contributed by atoms with Crippen LogP contribution < -0.4 is 0 Å². The summed E-state index contributed by atoms with van der Waals surface area (Å²) < 4.78 is 0. The molecule has 1 aromatic rings. The molecule has 112 valence electrons. The molecule has 1 aromatic carbocycles. The number of hydrogen-bond donors (Lipinski definition) is 0. The number of fused-ring (bicyclic) bond motifs is 2. The summed E-state index contributed by atoms with van der Waals surface area (Å²) in [6, 6.07) is 10.1. The number of rotatable bonds is 4. The van der Waals surface area contributed by atoms with Gasteiger partial charge in [-0.25, -0.2) is 0 Å². The Morgan fingerprint density at radius 2 is 1.81 bits per heavy atom. The van der Waals surface area contributed by atoms with E-state index in [9.17, 15) is 9.59 Å². The van der Waals surface area contributed by atoms with Gasteiger partial charge in [0, 0.05) is 12.3 Å². The van der Waals surface area contributed by atoms with E-state index in [1.807, 2.05) is 18.2 Å². The Morgan fingerprint density at radius 1 is 1.10 bits per heavy atom. The second-order valence-corrected chi connectivity index (χ2v) is 6.70. The van der Waals surface area contributed by atoms with Crippen molar-refractivity contribution in [1.29, 1.82) is 0 Å². The third-order valence-electron chi connectivity index (χ3n) is 4.65. The zero-order valence-corrected chi connectivity index (χ0v) is 12.9. The van der Waals surface area contributed by atoms with Crippen molar-refractivity contribution in [2.75, 3.05) is 0 Å². The van der Waals surface area contributed by atoms with Crippen LogP contribution in [0.15, 0.2) is 42.5 Å². The molecule has 3 atom stereocenters. The van der Waals surface area contributed by atoms with Crippen LogP contribution in [0, 0.1) is 17.8 Å².